The van der Waals surface area contributed by atoms with E-state index >= 15 is 0 Å². The average molecular weight is 670 g/mol. The van der Waals surface area contributed by atoms with E-state index in [1.807, 2.05) is 17.0 Å². The SMILES string of the molecule is CCN(CC)c1ccc2cc(C(=O)c3ccc(OCCN4CCN(C(=O)CN5CCN(C(=O)c6ccccc6F)CC5)CC4)cc3)oc2c1. The van der Waals surface area contributed by atoms with E-state index in [0.29, 0.717) is 75.1 Å². The van der Waals surface area contributed by atoms with Gasteiger partial charge in [-0.2, -0.15) is 0 Å². The predicted molar refractivity (Wildman–Crippen MR) is 187 cm³/mol. The number of hydrogen-bond acceptors (Lipinski definition) is 8. The van der Waals surface area contributed by atoms with Crippen molar-refractivity contribution >= 4 is 34.3 Å². The molecule has 2 aliphatic rings. The van der Waals surface area contributed by atoms with Crippen LogP contribution in [0.25, 0.3) is 11.0 Å². The number of rotatable bonds is 12. The zero-order chi connectivity index (χ0) is 34.3. The zero-order valence-electron chi connectivity index (χ0n) is 28.3. The molecule has 6 rings (SSSR count). The van der Waals surface area contributed by atoms with Gasteiger partial charge in [-0.05, 0) is 68.4 Å². The Kier molecular flexibility index (Phi) is 10.9. The summed E-state index contributed by atoms with van der Waals surface area (Å²) in [5.74, 6) is 0.106. The number of ketones is 1. The van der Waals surface area contributed by atoms with E-state index in [-0.39, 0.29) is 23.2 Å². The van der Waals surface area contributed by atoms with Crippen LogP contribution in [0.2, 0.25) is 0 Å². The molecule has 258 valence electrons. The van der Waals surface area contributed by atoms with Gasteiger partial charge in [0.05, 0.1) is 12.1 Å². The normalized spacial score (nSPS) is 15.8. The summed E-state index contributed by atoms with van der Waals surface area (Å²) >= 11 is 0. The van der Waals surface area contributed by atoms with Gasteiger partial charge >= 0.3 is 0 Å². The molecule has 0 bridgehead atoms. The van der Waals surface area contributed by atoms with Crippen molar-refractivity contribution in [3.8, 4) is 5.75 Å². The molecule has 0 unspecified atom stereocenters. The molecule has 2 fully saturated rings. The molecular weight excluding hydrogens is 625 g/mol. The van der Waals surface area contributed by atoms with Crippen molar-refractivity contribution in [1.82, 2.24) is 19.6 Å². The van der Waals surface area contributed by atoms with Crippen LogP contribution in [0.1, 0.15) is 40.3 Å². The van der Waals surface area contributed by atoms with Crippen LogP contribution in [-0.2, 0) is 4.79 Å². The molecule has 2 saturated heterocycles. The summed E-state index contributed by atoms with van der Waals surface area (Å²) in [6.07, 6.45) is 0. The molecule has 0 atom stereocenters. The average Bonchev–Trinajstić information content (AvgIpc) is 3.56. The monoisotopic (exact) mass is 669 g/mol. The molecule has 0 N–H and O–H groups in total. The molecule has 2 amide bonds. The molecule has 11 heteroatoms. The third-order valence-electron chi connectivity index (χ3n) is 9.50. The number of benzene rings is 3. The van der Waals surface area contributed by atoms with Gasteiger partial charge in [-0.3, -0.25) is 24.2 Å². The fourth-order valence-electron chi connectivity index (χ4n) is 6.48. The Hall–Kier alpha value is -4.74. The summed E-state index contributed by atoms with van der Waals surface area (Å²) in [6.45, 7) is 12.5. The number of halogens is 1. The molecule has 4 aromatic rings. The van der Waals surface area contributed by atoms with E-state index in [2.05, 4.69) is 34.6 Å². The number of nitrogens with zero attached hydrogens (tertiary/aromatic N) is 5. The fourth-order valence-corrected chi connectivity index (χ4v) is 6.48. The standard InChI is InChI=1S/C38H44FN5O5/c1-3-42(4-2)30-12-9-29-25-35(49-34(29)26-30)37(46)28-10-13-31(14-11-28)48-24-23-40-15-19-43(20-16-40)36(45)27-41-17-21-44(22-18-41)38(47)32-7-5-6-8-33(32)39/h5-14,25-26H,3-4,15-24,27H2,1-2H3. The Bertz CT molecular complexity index is 1760. The number of furan rings is 1. The molecule has 49 heavy (non-hydrogen) atoms. The molecule has 0 radical (unpaired) electrons. The maximum atomic E-state index is 14.0. The summed E-state index contributed by atoms with van der Waals surface area (Å²) < 4.78 is 26.0. The van der Waals surface area contributed by atoms with Gasteiger partial charge in [0.25, 0.3) is 5.91 Å². The minimum Gasteiger partial charge on any atom is -0.492 e. The lowest BCUT2D eigenvalue weighted by Crippen LogP contribution is -2.54. The van der Waals surface area contributed by atoms with Gasteiger partial charge in [-0.15, -0.1) is 0 Å². The first-order chi connectivity index (χ1) is 23.8. The maximum absolute atomic E-state index is 14.0. The van der Waals surface area contributed by atoms with Crippen molar-refractivity contribution in [2.75, 3.05) is 90.0 Å². The second kappa shape index (κ2) is 15.7. The van der Waals surface area contributed by atoms with E-state index < -0.39 is 5.82 Å². The van der Waals surface area contributed by atoms with Crippen LogP contribution in [0.3, 0.4) is 0 Å². The van der Waals surface area contributed by atoms with E-state index in [1.54, 1.807) is 47.4 Å². The van der Waals surface area contributed by atoms with E-state index in [1.165, 1.54) is 12.1 Å². The van der Waals surface area contributed by atoms with Crippen LogP contribution in [0.5, 0.6) is 5.75 Å². The van der Waals surface area contributed by atoms with Crippen LogP contribution in [-0.4, -0.2) is 122 Å². The topological polar surface area (TPSA) is 89.8 Å². The summed E-state index contributed by atoms with van der Waals surface area (Å²) in [6, 6.07) is 21.0. The fraction of sp³-hybridized carbons (Fsp3) is 0.395. The minimum absolute atomic E-state index is 0.0874. The molecule has 2 aliphatic heterocycles. The molecule has 0 saturated carbocycles. The van der Waals surface area contributed by atoms with Gasteiger partial charge in [-0.25, -0.2) is 4.39 Å². The van der Waals surface area contributed by atoms with Crippen molar-refractivity contribution in [3.63, 3.8) is 0 Å². The Morgan fingerprint density at radius 1 is 0.796 bits per heavy atom. The third-order valence-corrected chi connectivity index (χ3v) is 9.50. The van der Waals surface area contributed by atoms with E-state index in [0.717, 1.165) is 43.8 Å². The highest BCUT2D eigenvalue weighted by Crippen LogP contribution is 2.27. The largest absolute Gasteiger partial charge is 0.492 e. The molecule has 0 spiro atoms. The Morgan fingerprint density at radius 3 is 2.16 bits per heavy atom. The zero-order valence-corrected chi connectivity index (χ0v) is 28.3. The van der Waals surface area contributed by atoms with Crippen LogP contribution in [0.15, 0.2) is 77.2 Å². The van der Waals surface area contributed by atoms with Gasteiger partial charge in [0.15, 0.2) is 5.76 Å². The first kappa shape index (κ1) is 34.1. The molecule has 10 nitrogen and oxygen atoms in total. The van der Waals surface area contributed by atoms with Crippen LogP contribution in [0, 0.1) is 5.82 Å². The number of carbonyl (C=O) groups is 3. The van der Waals surface area contributed by atoms with Crippen LogP contribution < -0.4 is 9.64 Å². The van der Waals surface area contributed by atoms with Crippen molar-refractivity contribution < 1.29 is 27.9 Å². The van der Waals surface area contributed by atoms with Gasteiger partial charge < -0.3 is 23.9 Å². The summed E-state index contributed by atoms with van der Waals surface area (Å²) in [4.78, 5) is 49.0. The molecule has 0 aliphatic carbocycles. The number of anilines is 1. The highest BCUT2D eigenvalue weighted by Gasteiger charge is 2.27. The van der Waals surface area contributed by atoms with Crippen molar-refractivity contribution in [2.45, 2.75) is 13.8 Å². The van der Waals surface area contributed by atoms with Crippen molar-refractivity contribution in [2.24, 2.45) is 0 Å². The Morgan fingerprint density at radius 2 is 1.47 bits per heavy atom. The van der Waals surface area contributed by atoms with Gasteiger partial charge in [0.1, 0.15) is 23.8 Å². The van der Waals surface area contributed by atoms with E-state index in [4.69, 9.17) is 9.15 Å². The number of hydrogen-bond donors (Lipinski definition) is 0. The van der Waals surface area contributed by atoms with Gasteiger partial charge in [0.2, 0.25) is 11.7 Å². The summed E-state index contributed by atoms with van der Waals surface area (Å²) in [7, 11) is 0. The second-order valence-corrected chi connectivity index (χ2v) is 12.5. The van der Waals surface area contributed by atoms with Gasteiger partial charge in [-0.1, -0.05) is 12.1 Å². The smallest absolute Gasteiger partial charge is 0.256 e. The highest BCUT2D eigenvalue weighted by molar-refractivity contribution is 6.09. The quantitative estimate of drug-likeness (QED) is 0.202. The van der Waals surface area contributed by atoms with Crippen LogP contribution >= 0.6 is 0 Å². The lowest BCUT2D eigenvalue weighted by atomic mass is 10.1. The number of carbonyl (C=O) groups excluding carboxylic acids is 3. The Balaban J connectivity index is 0.900. The van der Waals surface area contributed by atoms with E-state index in [9.17, 15) is 18.8 Å². The van der Waals surface area contributed by atoms with Crippen LogP contribution in [0.4, 0.5) is 10.1 Å². The molecular formula is C38H44FN5O5. The predicted octanol–water partition coefficient (Wildman–Crippen LogP) is 4.63. The lowest BCUT2D eigenvalue weighted by Gasteiger charge is -2.38. The first-order valence-corrected chi connectivity index (χ1v) is 17.1. The van der Waals surface area contributed by atoms with Crippen molar-refractivity contribution in [1.29, 1.82) is 0 Å². The first-order valence-electron chi connectivity index (χ1n) is 17.1. The van der Waals surface area contributed by atoms with Crippen molar-refractivity contribution in [3.05, 3.63) is 95.5 Å². The summed E-state index contributed by atoms with van der Waals surface area (Å²) in [5, 5.41) is 0.899. The maximum Gasteiger partial charge on any atom is 0.256 e. The molecule has 1 aromatic heterocycles. The highest BCUT2D eigenvalue weighted by atomic mass is 19.1. The summed E-state index contributed by atoms with van der Waals surface area (Å²) in [5.41, 5.74) is 2.40. The lowest BCUT2D eigenvalue weighted by molar-refractivity contribution is -0.134. The second-order valence-electron chi connectivity index (χ2n) is 12.5. The number of piperazine rings is 2. The molecule has 3 heterocycles. The number of ether oxygens (including phenoxy) is 1. The molecule has 3 aromatic carbocycles. The third kappa shape index (κ3) is 8.12. The number of fused-ring (bicyclic) bond motifs is 1. The number of amides is 2. The van der Waals surface area contributed by atoms with Gasteiger partial charge in [0, 0.05) is 94.7 Å². The minimum atomic E-state index is -0.511. The Labute approximate surface area is 286 Å².